The van der Waals surface area contributed by atoms with Gasteiger partial charge in [0.05, 0.1) is 0 Å². The van der Waals surface area contributed by atoms with Gasteiger partial charge in [-0.15, -0.1) is 0 Å². The molecule has 2 heteroatoms. The summed E-state index contributed by atoms with van der Waals surface area (Å²) in [5.74, 6) is 1.13. The van der Waals surface area contributed by atoms with Crippen LogP contribution in [0.1, 0.15) is 113 Å². The van der Waals surface area contributed by atoms with Gasteiger partial charge < -0.3 is 0 Å². The summed E-state index contributed by atoms with van der Waals surface area (Å²) in [5.41, 5.74) is 1.27. The molecule has 0 aromatic heterocycles. The number of rotatable bonds is 14. The normalized spacial score (nSPS) is 13.4. The smallest absolute Gasteiger partial charge is 0.163 e. The molecule has 0 aliphatic rings. The zero-order valence-corrected chi connectivity index (χ0v) is 17.4. The fourth-order valence-electron chi connectivity index (χ4n) is 3.60. The molecule has 0 spiro atoms. The van der Waals surface area contributed by atoms with Crippen LogP contribution >= 0.6 is 0 Å². The van der Waals surface area contributed by atoms with Gasteiger partial charge in [-0.2, -0.15) is 0 Å². The maximum Gasteiger partial charge on any atom is 0.163 e. The second kappa shape index (κ2) is 12.8. The van der Waals surface area contributed by atoms with E-state index in [4.69, 9.17) is 0 Å². The minimum Gasteiger partial charge on any atom is -0.294 e. The predicted molar refractivity (Wildman–Crippen MR) is 111 cm³/mol. The Morgan fingerprint density at radius 3 is 1.42 bits per heavy atom. The number of Topliss-reactive ketones (excluding diaryl/α,β-unsaturated/α-hetero) is 2. The Morgan fingerprint density at radius 2 is 1.12 bits per heavy atom. The Hall–Kier alpha value is -1.44. The standard InChI is InChI=1S/C24H38O2/c1-5-9-13-19(7-3)17-23(25)21-15-11-12-16-22(21)24(26)18-20(8-4)14-10-6-2/h11-12,15-16,19-20H,5-10,13-14,17-18H2,1-4H3. The first-order chi connectivity index (χ1) is 12.6. The lowest BCUT2D eigenvalue weighted by atomic mass is 9.87. The van der Waals surface area contributed by atoms with Crippen LogP contribution < -0.4 is 0 Å². The molecule has 1 aromatic rings. The Balaban J connectivity index is 2.85. The van der Waals surface area contributed by atoms with E-state index in [0.717, 1.165) is 38.5 Å². The van der Waals surface area contributed by atoms with Crippen molar-refractivity contribution in [3.63, 3.8) is 0 Å². The van der Waals surface area contributed by atoms with Gasteiger partial charge in [-0.25, -0.2) is 0 Å². The monoisotopic (exact) mass is 358 g/mol. The lowest BCUT2D eigenvalue weighted by Gasteiger charge is -2.17. The molecule has 2 atom stereocenters. The maximum atomic E-state index is 12.9. The van der Waals surface area contributed by atoms with Gasteiger partial charge in [0.1, 0.15) is 0 Å². The molecular formula is C24H38O2. The first kappa shape index (κ1) is 22.6. The van der Waals surface area contributed by atoms with E-state index in [-0.39, 0.29) is 11.6 Å². The van der Waals surface area contributed by atoms with E-state index in [9.17, 15) is 9.59 Å². The topological polar surface area (TPSA) is 34.1 Å². The largest absolute Gasteiger partial charge is 0.294 e. The number of benzene rings is 1. The summed E-state index contributed by atoms with van der Waals surface area (Å²) >= 11 is 0. The predicted octanol–water partition coefficient (Wildman–Crippen LogP) is 7.27. The van der Waals surface area contributed by atoms with Crippen molar-refractivity contribution in [3.05, 3.63) is 35.4 Å². The molecule has 1 rings (SSSR count). The van der Waals surface area contributed by atoms with E-state index >= 15 is 0 Å². The summed E-state index contributed by atoms with van der Waals surface area (Å²) in [6, 6.07) is 7.45. The van der Waals surface area contributed by atoms with Crippen molar-refractivity contribution in [2.45, 2.75) is 91.9 Å². The lowest BCUT2D eigenvalue weighted by Crippen LogP contribution is -2.15. The average molecular weight is 359 g/mol. The third-order valence-electron chi connectivity index (χ3n) is 5.56. The molecule has 0 aliphatic heterocycles. The quantitative estimate of drug-likeness (QED) is 0.328. The third-order valence-corrected chi connectivity index (χ3v) is 5.56. The molecule has 2 nitrogen and oxygen atoms in total. The highest BCUT2D eigenvalue weighted by Gasteiger charge is 2.21. The Bertz CT molecular complexity index is 498. The van der Waals surface area contributed by atoms with Gasteiger partial charge in [-0.3, -0.25) is 9.59 Å². The van der Waals surface area contributed by atoms with E-state index in [2.05, 4.69) is 27.7 Å². The summed E-state index contributed by atoms with van der Waals surface area (Å²) in [6.45, 7) is 8.69. The van der Waals surface area contributed by atoms with E-state index in [1.54, 1.807) is 0 Å². The minimum atomic E-state index is 0.138. The molecule has 146 valence electrons. The molecule has 0 heterocycles. The fraction of sp³-hybridized carbons (Fsp3) is 0.667. The van der Waals surface area contributed by atoms with Crippen LogP contribution in [-0.4, -0.2) is 11.6 Å². The van der Waals surface area contributed by atoms with Crippen LogP contribution in [0.4, 0.5) is 0 Å². The minimum absolute atomic E-state index is 0.138. The maximum absolute atomic E-state index is 12.9. The third kappa shape index (κ3) is 7.43. The highest BCUT2D eigenvalue weighted by Crippen LogP contribution is 2.24. The molecule has 2 unspecified atom stereocenters. The summed E-state index contributed by atoms with van der Waals surface area (Å²) in [4.78, 5) is 25.8. The van der Waals surface area contributed by atoms with Crippen LogP contribution in [0.15, 0.2) is 24.3 Å². The number of carbonyl (C=O) groups excluding carboxylic acids is 2. The molecule has 0 saturated carbocycles. The van der Waals surface area contributed by atoms with Crippen molar-refractivity contribution >= 4 is 11.6 Å². The van der Waals surface area contributed by atoms with Gasteiger partial charge >= 0.3 is 0 Å². The molecule has 0 radical (unpaired) electrons. The number of hydrogen-bond acceptors (Lipinski definition) is 2. The second-order valence-corrected chi connectivity index (χ2v) is 7.63. The molecule has 0 saturated heterocycles. The molecule has 1 aromatic carbocycles. The van der Waals surface area contributed by atoms with Crippen LogP contribution in [0, 0.1) is 11.8 Å². The van der Waals surface area contributed by atoms with Crippen LogP contribution in [0.5, 0.6) is 0 Å². The highest BCUT2D eigenvalue weighted by molar-refractivity contribution is 6.08. The molecule has 0 fully saturated rings. The first-order valence-corrected chi connectivity index (χ1v) is 10.7. The van der Waals surface area contributed by atoms with Gasteiger partial charge in [-0.05, 0) is 11.8 Å². The summed E-state index contributed by atoms with van der Waals surface area (Å²) in [7, 11) is 0. The summed E-state index contributed by atoms with van der Waals surface area (Å²) in [5, 5.41) is 0. The van der Waals surface area contributed by atoms with Crippen molar-refractivity contribution in [1.82, 2.24) is 0 Å². The lowest BCUT2D eigenvalue weighted by molar-refractivity contribution is 0.0923. The van der Waals surface area contributed by atoms with Crippen LogP contribution in [0.25, 0.3) is 0 Å². The first-order valence-electron chi connectivity index (χ1n) is 10.7. The summed E-state index contributed by atoms with van der Waals surface area (Å²) < 4.78 is 0. The van der Waals surface area contributed by atoms with E-state index in [1.165, 1.54) is 12.8 Å². The SMILES string of the molecule is CCCCC(CC)CC(=O)c1ccccc1C(=O)CC(CC)CCCC. The van der Waals surface area contributed by atoms with Crippen molar-refractivity contribution < 1.29 is 9.59 Å². The van der Waals surface area contributed by atoms with Crippen LogP contribution in [0.2, 0.25) is 0 Å². The van der Waals surface area contributed by atoms with Gasteiger partial charge in [-0.1, -0.05) is 103 Å². The number of unbranched alkanes of at least 4 members (excludes halogenated alkanes) is 2. The van der Waals surface area contributed by atoms with Crippen LogP contribution in [-0.2, 0) is 0 Å². The molecule has 0 N–H and O–H groups in total. The number of carbonyl (C=O) groups is 2. The van der Waals surface area contributed by atoms with E-state index < -0.39 is 0 Å². The van der Waals surface area contributed by atoms with Crippen LogP contribution in [0.3, 0.4) is 0 Å². The number of ketones is 2. The van der Waals surface area contributed by atoms with E-state index in [1.807, 2.05) is 24.3 Å². The molecule has 26 heavy (non-hydrogen) atoms. The highest BCUT2D eigenvalue weighted by atomic mass is 16.1. The zero-order valence-electron chi connectivity index (χ0n) is 17.4. The van der Waals surface area contributed by atoms with Gasteiger partial charge in [0.2, 0.25) is 0 Å². The van der Waals surface area contributed by atoms with Gasteiger partial charge in [0, 0.05) is 24.0 Å². The number of hydrogen-bond donors (Lipinski definition) is 0. The van der Waals surface area contributed by atoms with Gasteiger partial charge in [0.15, 0.2) is 11.6 Å². The van der Waals surface area contributed by atoms with E-state index in [0.29, 0.717) is 35.8 Å². The molecule has 0 aliphatic carbocycles. The molecular weight excluding hydrogens is 320 g/mol. The van der Waals surface area contributed by atoms with Crippen molar-refractivity contribution in [1.29, 1.82) is 0 Å². The average Bonchev–Trinajstić information content (AvgIpc) is 2.67. The Labute approximate surface area is 160 Å². The molecule has 0 amide bonds. The summed E-state index contributed by atoms with van der Waals surface area (Å²) in [6.07, 6.45) is 10.0. The van der Waals surface area contributed by atoms with Gasteiger partial charge in [0.25, 0.3) is 0 Å². The van der Waals surface area contributed by atoms with Crippen molar-refractivity contribution in [3.8, 4) is 0 Å². The fourth-order valence-corrected chi connectivity index (χ4v) is 3.60. The Kier molecular flexibility index (Phi) is 11.2. The Morgan fingerprint density at radius 1 is 0.731 bits per heavy atom. The second-order valence-electron chi connectivity index (χ2n) is 7.63. The zero-order chi connectivity index (χ0) is 19.4. The molecule has 0 bridgehead atoms. The van der Waals surface area contributed by atoms with Crippen molar-refractivity contribution in [2.75, 3.05) is 0 Å². The van der Waals surface area contributed by atoms with Crippen molar-refractivity contribution in [2.24, 2.45) is 11.8 Å².